The fraction of sp³-hybridized carbons (Fsp3) is 0.273. The van der Waals surface area contributed by atoms with Gasteiger partial charge in [-0.25, -0.2) is 9.48 Å². The number of aryl methyl sites for hydroxylation is 2. The van der Waals surface area contributed by atoms with Crippen molar-refractivity contribution in [3.05, 3.63) is 41.5 Å². The summed E-state index contributed by atoms with van der Waals surface area (Å²) >= 11 is 0. The SMILES string of the molecule is NCc1c(C(=O)O)nnn1CCc1cccnc1. The van der Waals surface area contributed by atoms with Gasteiger partial charge in [-0.2, -0.15) is 0 Å². The molecule has 0 saturated heterocycles. The van der Waals surface area contributed by atoms with Gasteiger partial charge in [-0.3, -0.25) is 4.98 Å². The van der Waals surface area contributed by atoms with Gasteiger partial charge in [0.15, 0.2) is 5.69 Å². The number of hydrogen-bond acceptors (Lipinski definition) is 5. The van der Waals surface area contributed by atoms with Crippen LogP contribution in [0.3, 0.4) is 0 Å². The minimum Gasteiger partial charge on any atom is -0.476 e. The van der Waals surface area contributed by atoms with E-state index in [-0.39, 0.29) is 12.2 Å². The van der Waals surface area contributed by atoms with Gasteiger partial charge >= 0.3 is 5.97 Å². The third-order valence-corrected chi connectivity index (χ3v) is 2.57. The molecule has 0 aliphatic heterocycles. The first kappa shape index (κ1) is 12.2. The molecule has 0 radical (unpaired) electrons. The van der Waals surface area contributed by atoms with E-state index in [1.807, 2.05) is 12.1 Å². The Morgan fingerprint density at radius 1 is 1.50 bits per heavy atom. The summed E-state index contributed by atoms with van der Waals surface area (Å²) in [6.07, 6.45) is 4.16. The molecule has 18 heavy (non-hydrogen) atoms. The van der Waals surface area contributed by atoms with E-state index in [0.717, 1.165) is 5.56 Å². The van der Waals surface area contributed by atoms with Crippen molar-refractivity contribution in [1.82, 2.24) is 20.0 Å². The summed E-state index contributed by atoms with van der Waals surface area (Å²) in [4.78, 5) is 14.9. The van der Waals surface area contributed by atoms with Crippen molar-refractivity contribution in [3.8, 4) is 0 Å². The summed E-state index contributed by atoms with van der Waals surface area (Å²) in [5.41, 5.74) is 6.93. The standard InChI is InChI=1S/C11H13N5O2/c12-6-9-10(11(17)18)14-15-16(9)5-3-8-2-1-4-13-7-8/h1-2,4,7H,3,5-6,12H2,(H,17,18). The van der Waals surface area contributed by atoms with Crippen molar-refractivity contribution < 1.29 is 9.90 Å². The highest BCUT2D eigenvalue weighted by atomic mass is 16.4. The summed E-state index contributed by atoms with van der Waals surface area (Å²) in [5, 5.41) is 16.3. The summed E-state index contributed by atoms with van der Waals surface area (Å²) in [7, 11) is 0. The Morgan fingerprint density at radius 2 is 2.33 bits per heavy atom. The van der Waals surface area contributed by atoms with Gasteiger partial charge in [0.25, 0.3) is 0 Å². The lowest BCUT2D eigenvalue weighted by atomic mass is 10.2. The summed E-state index contributed by atoms with van der Waals surface area (Å²) in [6, 6.07) is 3.80. The van der Waals surface area contributed by atoms with Crippen LogP contribution in [-0.4, -0.2) is 31.1 Å². The third kappa shape index (κ3) is 2.51. The van der Waals surface area contributed by atoms with E-state index in [2.05, 4.69) is 15.3 Å². The van der Waals surface area contributed by atoms with Crippen LogP contribution in [0, 0.1) is 0 Å². The molecule has 0 atom stereocenters. The fourth-order valence-corrected chi connectivity index (χ4v) is 1.66. The molecule has 3 N–H and O–H groups in total. The number of nitrogens with two attached hydrogens (primary N) is 1. The number of hydrogen-bond donors (Lipinski definition) is 2. The smallest absolute Gasteiger partial charge is 0.358 e. The zero-order valence-electron chi connectivity index (χ0n) is 9.65. The van der Waals surface area contributed by atoms with Crippen LogP contribution in [0.5, 0.6) is 0 Å². The monoisotopic (exact) mass is 247 g/mol. The van der Waals surface area contributed by atoms with Crippen molar-refractivity contribution in [3.63, 3.8) is 0 Å². The highest BCUT2D eigenvalue weighted by molar-refractivity contribution is 5.86. The van der Waals surface area contributed by atoms with E-state index in [1.54, 1.807) is 12.4 Å². The first-order valence-electron chi connectivity index (χ1n) is 5.47. The van der Waals surface area contributed by atoms with Gasteiger partial charge in [0, 0.05) is 25.5 Å². The van der Waals surface area contributed by atoms with E-state index in [1.165, 1.54) is 4.68 Å². The van der Waals surface area contributed by atoms with Gasteiger partial charge in [0.1, 0.15) is 0 Å². The van der Waals surface area contributed by atoms with E-state index in [9.17, 15) is 4.79 Å². The molecule has 2 aromatic heterocycles. The predicted molar refractivity (Wildman–Crippen MR) is 62.8 cm³/mol. The van der Waals surface area contributed by atoms with Crippen LogP contribution in [0.25, 0.3) is 0 Å². The highest BCUT2D eigenvalue weighted by Crippen LogP contribution is 2.06. The summed E-state index contributed by atoms with van der Waals surface area (Å²) in [6.45, 7) is 0.625. The van der Waals surface area contributed by atoms with Crippen molar-refractivity contribution in [2.75, 3.05) is 0 Å². The average molecular weight is 247 g/mol. The second kappa shape index (κ2) is 5.37. The predicted octanol–water partition coefficient (Wildman–Crippen LogP) is 0.0727. The molecule has 94 valence electrons. The lowest BCUT2D eigenvalue weighted by Crippen LogP contribution is -2.13. The van der Waals surface area contributed by atoms with Gasteiger partial charge in [-0.15, -0.1) is 5.10 Å². The number of carboxylic acid groups (broad SMARTS) is 1. The molecule has 0 amide bonds. The number of carboxylic acids is 1. The maximum atomic E-state index is 10.9. The van der Waals surface area contributed by atoms with Gasteiger partial charge in [-0.1, -0.05) is 11.3 Å². The average Bonchev–Trinajstić information content (AvgIpc) is 2.80. The Balaban J connectivity index is 2.12. The normalized spacial score (nSPS) is 10.5. The van der Waals surface area contributed by atoms with E-state index < -0.39 is 5.97 Å². The Hall–Kier alpha value is -2.28. The molecular weight excluding hydrogens is 234 g/mol. The molecule has 0 saturated carbocycles. The zero-order valence-corrected chi connectivity index (χ0v) is 9.65. The van der Waals surface area contributed by atoms with Crippen LogP contribution >= 0.6 is 0 Å². The van der Waals surface area contributed by atoms with Crippen LogP contribution in [0.1, 0.15) is 21.7 Å². The summed E-state index contributed by atoms with van der Waals surface area (Å²) < 4.78 is 1.52. The van der Waals surface area contributed by atoms with Crippen molar-refractivity contribution >= 4 is 5.97 Å². The minimum absolute atomic E-state index is 0.0799. The Labute approximate surface area is 103 Å². The minimum atomic E-state index is -1.11. The van der Waals surface area contributed by atoms with Gasteiger partial charge in [-0.05, 0) is 18.1 Å². The molecule has 0 unspecified atom stereocenters. The molecule has 7 heteroatoms. The van der Waals surface area contributed by atoms with Gasteiger partial charge < -0.3 is 10.8 Å². The van der Waals surface area contributed by atoms with E-state index in [0.29, 0.717) is 18.7 Å². The molecule has 0 aromatic carbocycles. The van der Waals surface area contributed by atoms with Gasteiger partial charge in [0.2, 0.25) is 0 Å². The molecule has 0 fully saturated rings. The van der Waals surface area contributed by atoms with Crippen LogP contribution in [0.2, 0.25) is 0 Å². The van der Waals surface area contributed by atoms with Gasteiger partial charge in [0.05, 0.1) is 5.69 Å². The second-order valence-corrected chi connectivity index (χ2v) is 3.73. The molecule has 0 aliphatic carbocycles. The number of aromatic carboxylic acids is 1. The lowest BCUT2D eigenvalue weighted by Gasteiger charge is -2.04. The zero-order chi connectivity index (χ0) is 13.0. The topological polar surface area (TPSA) is 107 Å². The molecule has 2 rings (SSSR count). The number of nitrogens with zero attached hydrogens (tertiary/aromatic N) is 4. The maximum absolute atomic E-state index is 10.9. The van der Waals surface area contributed by atoms with E-state index >= 15 is 0 Å². The largest absolute Gasteiger partial charge is 0.476 e. The summed E-state index contributed by atoms with van der Waals surface area (Å²) in [5.74, 6) is -1.11. The molecule has 2 aromatic rings. The molecule has 0 spiro atoms. The number of rotatable bonds is 5. The molecule has 2 heterocycles. The lowest BCUT2D eigenvalue weighted by molar-refractivity contribution is 0.0689. The van der Waals surface area contributed by atoms with Crippen LogP contribution < -0.4 is 5.73 Å². The molecule has 7 nitrogen and oxygen atoms in total. The number of pyridine rings is 1. The van der Waals surface area contributed by atoms with Crippen molar-refractivity contribution in [1.29, 1.82) is 0 Å². The fourth-order valence-electron chi connectivity index (χ4n) is 1.66. The molecule has 0 bridgehead atoms. The molecule has 0 aliphatic rings. The molecular formula is C11H13N5O2. The van der Waals surface area contributed by atoms with Crippen molar-refractivity contribution in [2.45, 2.75) is 19.5 Å². The first-order valence-corrected chi connectivity index (χ1v) is 5.47. The Kier molecular flexibility index (Phi) is 3.63. The number of carbonyl (C=O) groups is 1. The number of aromatic nitrogens is 4. The van der Waals surface area contributed by atoms with Crippen molar-refractivity contribution in [2.24, 2.45) is 5.73 Å². The Bertz CT molecular complexity index is 538. The highest BCUT2D eigenvalue weighted by Gasteiger charge is 2.17. The van der Waals surface area contributed by atoms with Crippen LogP contribution in [0.15, 0.2) is 24.5 Å². The van der Waals surface area contributed by atoms with Crippen LogP contribution in [-0.2, 0) is 19.5 Å². The third-order valence-electron chi connectivity index (χ3n) is 2.57. The Morgan fingerprint density at radius 3 is 2.94 bits per heavy atom. The van der Waals surface area contributed by atoms with Crippen LogP contribution in [0.4, 0.5) is 0 Å². The quantitative estimate of drug-likeness (QED) is 0.774. The maximum Gasteiger partial charge on any atom is 0.358 e. The van der Waals surface area contributed by atoms with E-state index in [4.69, 9.17) is 10.8 Å². The second-order valence-electron chi connectivity index (χ2n) is 3.73. The first-order chi connectivity index (χ1) is 8.72.